The van der Waals surface area contributed by atoms with Crippen LogP contribution in [0.15, 0.2) is 42.6 Å². The second-order valence-electron chi connectivity index (χ2n) is 7.33. The molecule has 7 nitrogen and oxygen atoms in total. The number of aryl methyl sites for hydroxylation is 1. The van der Waals surface area contributed by atoms with Crippen LogP contribution in [-0.4, -0.2) is 49.9 Å². The Morgan fingerprint density at radius 3 is 2.83 bits per heavy atom. The molecule has 0 aliphatic carbocycles. The number of aliphatic hydroxyl groups is 1. The lowest BCUT2D eigenvalue weighted by atomic mass is 10.1. The maximum atomic E-state index is 13.9. The van der Waals surface area contributed by atoms with E-state index in [4.69, 9.17) is 11.6 Å². The highest BCUT2D eigenvalue weighted by Crippen LogP contribution is 2.24. The highest BCUT2D eigenvalue weighted by Gasteiger charge is 2.39. The monoisotopic (exact) mass is 430 g/mol. The highest BCUT2D eigenvalue weighted by atomic mass is 35.5. The number of pyridine rings is 1. The summed E-state index contributed by atoms with van der Waals surface area (Å²) < 4.78 is 15.6. The van der Waals surface area contributed by atoms with Crippen LogP contribution in [0, 0.1) is 12.7 Å². The third-order valence-electron chi connectivity index (χ3n) is 5.20. The molecule has 1 aromatic carbocycles. The molecule has 2 amide bonds. The normalized spacial score (nSPS) is 18.7. The third kappa shape index (κ3) is 3.88. The summed E-state index contributed by atoms with van der Waals surface area (Å²) in [7, 11) is 0. The summed E-state index contributed by atoms with van der Waals surface area (Å²) in [4.78, 5) is 31.5. The summed E-state index contributed by atoms with van der Waals surface area (Å²) in [6.45, 7) is 1.77. The lowest BCUT2D eigenvalue weighted by Crippen LogP contribution is -2.44. The number of β-amino-alcohol motifs (C(OH)–C–C–N with tert-alkyl or cyclic N) is 1. The van der Waals surface area contributed by atoms with Crippen LogP contribution in [0.1, 0.15) is 17.7 Å². The molecule has 4 rings (SSSR count). The Bertz CT molecular complexity index is 1130. The summed E-state index contributed by atoms with van der Waals surface area (Å²) in [6, 6.07) is 8.56. The second kappa shape index (κ2) is 8.04. The summed E-state index contributed by atoms with van der Waals surface area (Å²) in [5, 5.41) is 13.4. The fourth-order valence-electron chi connectivity index (χ4n) is 3.73. The van der Waals surface area contributed by atoms with Crippen molar-refractivity contribution < 1.29 is 19.1 Å². The predicted octanol–water partition coefficient (Wildman–Crippen LogP) is 2.58. The van der Waals surface area contributed by atoms with Crippen molar-refractivity contribution >= 4 is 34.9 Å². The first-order valence-corrected chi connectivity index (χ1v) is 9.87. The number of aliphatic hydroxyl groups excluding tert-OH is 1. The van der Waals surface area contributed by atoms with Gasteiger partial charge in [-0.05, 0) is 30.7 Å². The van der Waals surface area contributed by atoms with Gasteiger partial charge >= 0.3 is 0 Å². The number of hydrogen-bond acceptors (Lipinski definition) is 4. The van der Waals surface area contributed by atoms with Crippen molar-refractivity contribution in [1.82, 2.24) is 14.3 Å². The van der Waals surface area contributed by atoms with Crippen molar-refractivity contribution in [2.45, 2.75) is 31.9 Å². The Labute approximate surface area is 177 Å². The minimum atomic E-state index is -0.872. The van der Waals surface area contributed by atoms with Crippen LogP contribution in [-0.2, 0) is 16.0 Å². The van der Waals surface area contributed by atoms with Crippen LogP contribution in [0.5, 0.6) is 0 Å². The van der Waals surface area contributed by atoms with Crippen molar-refractivity contribution in [3.8, 4) is 0 Å². The van der Waals surface area contributed by atoms with Gasteiger partial charge in [0.2, 0.25) is 11.8 Å². The number of amides is 2. The van der Waals surface area contributed by atoms with Gasteiger partial charge in [-0.1, -0.05) is 29.8 Å². The zero-order chi connectivity index (χ0) is 21.4. The fourth-order valence-corrected chi connectivity index (χ4v) is 3.89. The molecule has 3 heterocycles. The molecule has 156 valence electrons. The molecule has 30 heavy (non-hydrogen) atoms. The van der Waals surface area contributed by atoms with Gasteiger partial charge in [-0.15, -0.1) is 0 Å². The van der Waals surface area contributed by atoms with Crippen LogP contribution in [0.3, 0.4) is 0 Å². The van der Waals surface area contributed by atoms with Gasteiger partial charge in [-0.2, -0.15) is 0 Å². The molecule has 2 atom stereocenters. The van der Waals surface area contributed by atoms with E-state index in [1.54, 1.807) is 41.8 Å². The number of rotatable bonds is 4. The third-order valence-corrected chi connectivity index (χ3v) is 5.42. The predicted molar refractivity (Wildman–Crippen MR) is 110 cm³/mol. The van der Waals surface area contributed by atoms with E-state index in [0.29, 0.717) is 22.2 Å². The van der Waals surface area contributed by atoms with Crippen molar-refractivity contribution in [2.24, 2.45) is 0 Å². The van der Waals surface area contributed by atoms with Gasteiger partial charge in [0.25, 0.3) is 0 Å². The van der Waals surface area contributed by atoms with Crippen molar-refractivity contribution in [1.29, 1.82) is 0 Å². The number of imidazole rings is 1. The first-order valence-electron chi connectivity index (χ1n) is 9.49. The van der Waals surface area contributed by atoms with Gasteiger partial charge < -0.3 is 15.3 Å². The largest absolute Gasteiger partial charge is 0.391 e. The zero-order valence-electron chi connectivity index (χ0n) is 16.2. The molecule has 2 N–H and O–H groups in total. The number of anilines is 1. The average molecular weight is 431 g/mol. The number of aromatic nitrogens is 2. The van der Waals surface area contributed by atoms with E-state index in [1.165, 1.54) is 17.0 Å². The van der Waals surface area contributed by atoms with E-state index < -0.39 is 29.8 Å². The summed E-state index contributed by atoms with van der Waals surface area (Å²) in [5.74, 6) is -0.904. The molecule has 0 radical (unpaired) electrons. The van der Waals surface area contributed by atoms with Crippen molar-refractivity contribution in [3.05, 3.63) is 64.7 Å². The number of halogens is 2. The van der Waals surface area contributed by atoms with E-state index in [2.05, 4.69) is 10.3 Å². The number of carbonyl (C=O) groups is 2. The molecular weight excluding hydrogens is 411 g/mol. The van der Waals surface area contributed by atoms with Crippen LogP contribution in [0.25, 0.3) is 5.65 Å². The average Bonchev–Trinajstić information content (AvgIpc) is 3.24. The van der Waals surface area contributed by atoms with E-state index in [-0.39, 0.29) is 24.9 Å². The first kappa shape index (κ1) is 20.3. The molecular formula is C21H20ClFN4O3. The van der Waals surface area contributed by atoms with Gasteiger partial charge in [0, 0.05) is 19.2 Å². The van der Waals surface area contributed by atoms with Gasteiger partial charge in [0.05, 0.1) is 23.2 Å². The first-order chi connectivity index (χ1) is 14.3. The Morgan fingerprint density at radius 2 is 2.07 bits per heavy atom. The molecule has 0 bridgehead atoms. The molecule has 0 saturated carbocycles. The molecule has 0 spiro atoms. The summed E-state index contributed by atoms with van der Waals surface area (Å²) in [5.41, 5.74) is 1.45. The number of benzene rings is 1. The minimum absolute atomic E-state index is 0.0172. The quantitative estimate of drug-likeness (QED) is 0.666. The fraction of sp³-hybridized carbons (Fsp3) is 0.286. The second-order valence-corrected chi connectivity index (χ2v) is 7.77. The number of likely N-dealkylation sites (tertiary alicyclic amines) is 1. The van der Waals surface area contributed by atoms with E-state index >= 15 is 0 Å². The van der Waals surface area contributed by atoms with Gasteiger partial charge in [0.1, 0.15) is 23.3 Å². The van der Waals surface area contributed by atoms with Crippen LogP contribution >= 0.6 is 11.6 Å². The van der Waals surface area contributed by atoms with Crippen molar-refractivity contribution in [2.75, 3.05) is 11.9 Å². The molecule has 1 saturated heterocycles. The smallest absolute Gasteiger partial charge is 0.248 e. The molecule has 1 fully saturated rings. The highest BCUT2D eigenvalue weighted by molar-refractivity contribution is 6.30. The molecule has 1 aliphatic heterocycles. The molecule has 2 unspecified atom stereocenters. The van der Waals surface area contributed by atoms with E-state index in [1.807, 2.05) is 0 Å². The van der Waals surface area contributed by atoms with Gasteiger partial charge in [0.15, 0.2) is 0 Å². The maximum absolute atomic E-state index is 13.9. The maximum Gasteiger partial charge on any atom is 0.248 e. The number of nitrogens with zero attached hydrogens (tertiary/aromatic N) is 3. The zero-order valence-corrected chi connectivity index (χ0v) is 16.9. The van der Waals surface area contributed by atoms with E-state index in [0.717, 1.165) is 0 Å². The number of hydrogen-bond donors (Lipinski definition) is 2. The Morgan fingerprint density at radius 1 is 1.30 bits per heavy atom. The lowest BCUT2D eigenvalue weighted by molar-refractivity contribution is -0.136. The Kier molecular flexibility index (Phi) is 5.44. The van der Waals surface area contributed by atoms with Crippen LogP contribution < -0.4 is 5.32 Å². The molecule has 1 aliphatic rings. The molecule has 3 aromatic rings. The lowest BCUT2D eigenvalue weighted by Gasteiger charge is -2.24. The Hall–Kier alpha value is -2.97. The van der Waals surface area contributed by atoms with Gasteiger partial charge in [-0.25, -0.2) is 9.37 Å². The number of fused-ring (bicyclic) bond motifs is 1. The Balaban J connectivity index is 1.55. The van der Waals surface area contributed by atoms with Crippen molar-refractivity contribution in [3.63, 3.8) is 0 Å². The standard InChI is InChI=1S/C21H20ClFN4O3/c1-12-20(27-10-14(22)6-7-18(27)24-12)25-21(30)17-9-15(28)11-26(17)19(29)8-13-4-2-3-5-16(13)23/h2-7,10,15,17,28H,8-9,11H2,1H3,(H,25,30). The minimum Gasteiger partial charge on any atom is -0.391 e. The number of nitrogens with one attached hydrogen (secondary N) is 1. The van der Waals surface area contributed by atoms with Crippen LogP contribution in [0.2, 0.25) is 5.02 Å². The SMILES string of the molecule is Cc1nc2ccc(Cl)cn2c1NC(=O)C1CC(O)CN1C(=O)Cc1ccccc1F. The summed E-state index contributed by atoms with van der Waals surface area (Å²) in [6.07, 6.45) is 0.721. The summed E-state index contributed by atoms with van der Waals surface area (Å²) >= 11 is 6.06. The van der Waals surface area contributed by atoms with E-state index in [9.17, 15) is 19.1 Å². The number of carbonyl (C=O) groups excluding carboxylic acids is 2. The van der Waals surface area contributed by atoms with Crippen LogP contribution in [0.4, 0.5) is 10.2 Å². The topological polar surface area (TPSA) is 86.9 Å². The molecule has 2 aromatic heterocycles. The van der Waals surface area contributed by atoms with Gasteiger partial charge in [-0.3, -0.25) is 14.0 Å². The molecule has 9 heteroatoms.